The van der Waals surface area contributed by atoms with E-state index in [2.05, 4.69) is 5.16 Å². The Morgan fingerprint density at radius 3 is 3.00 bits per heavy atom. The van der Waals surface area contributed by atoms with Crippen LogP contribution in [-0.4, -0.2) is 18.1 Å². The second-order valence-electron chi connectivity index (χ2n) is 2.95. The van der Waals surface area contributed by atoms with Crippen LogP contribution in [0, 0.1) is 0 Å². The number of nitrogens with zero attached hydrogens (tertiary/aromatic N) is 1. The highest BCUT2D eigenvalue weighted by Crippen LogP contribution is 2.12. The first kappa shape index (κ1) is 10.7. The quantitative estimate of drug-likeness (QED) is 0.642. The van der Waals surface area contributed by atoms with Crippen LogP contribution < -0.4 is 0 Å². The van der Waals surface area contributed by atoms with E-state index < -0.39 is 0 Å². The smallest absolute Gasteiger partial charge is 0.164 e. The summed E-state index contributed by atoms with van der Waals surface area (Å²) in [6.07, 6.45) is 6.83. The molecule has 0 saturated heterocycles. The predicted molar refractivity (Wildman–Crippen MR) is 56.2 cm³/mol. The summed E-state index contributed by atoms with van der Waals surface area (Å²) in [5.41, 5.74) is 1.42. The van der Waals surface area contributed by atoms with Gasteiger partial charge in [0, 0.05) is 18.4 Å². The fourth-order valence-corrected chi connectivity index (χ4v) is 1.22. The molecule has 1 aliphatic rings. The molecule has 0 aliphatic heterocycles. The number of oxime groups is 1. The topological polar surface area (TPSA) is 38.7 Å². The molecule has 0 aromatic carbocycles. The van der Waals surface area contributed by atoms with Crippen molar-refractivity contribution in [1.29, 1.82) is 0 Å². The van der Waals surface area contributed by atoms with Gasteiger partial charge in [-0.25, -0.2) is 0 Å². The highest BCUT2D eigenvalue weighted by atomic mass is 16.6. The Kier molecular flexibility index (Phi) is 4.11. The Hall–Kier alpha value is -1.38. The molecule has 0 amide bonds. The van der Waals surface area contributed by atoms with Gasteiger partial charge in [-0.3, -0.25) is 4.79 Å². The maximum absolute atomic E-state index is 11.5. The lowest BCUT2D eigenvalue weighted by Gasteiger charge is -2.09. The molecule has 0 fully saturated rings. The van der Waals surface area contributed by atoms with Gasteiger partial charge in [-0.05, 0) is 13.0 Å². The number of allylic oxidation sites excluding steroid dienone is 4. The van der Waals surface area contributed by atoms with Crippen molar-refractivity contribution >= 4 is 11.5 Å². The van der Waals surface area contributed by atoms with Crippen molar-refractivity contribution in [3.05, 3.63) is 23.8 Å². The normalized spacial score (nSPS) is 18.1. The third-order valence-electron chi connectivity index (χ3n) is 1.95. The standard InChI is InChI=1S/C11H15NO2/c1-3-11(13)9-7-5-6-8-10(9)12-14-4-2/h5-7H,3-4,8H2,1-2H3. The van der Waals surface area contributed by atoms with Crippen LogP contribution in [0.15, 0.2) is 29.0 Å². The van der Waals surface area contributed by atoms with E-state index in [1.54, 1.807) is 6.08 Å². The van der Waals surface area contributed by atoms with Crippen LogP contribution >= 0.6 is 0 Å². The lowest BCUT2D eigenvalue weighted by atomic mass is 9.98. The maximum Gasteiger partial charge on any atom is 0.164 e. The van der Waals surface area contributed by atoms with Crippen molar-refractivity contribution in [3.63, 3.8) is 0 Å². The third kappa shape index (κ3) is 2.55. The Morgan fingerprint density at radius 1 is 1.57 bits per heavy atom. The third-order valence-corrected chi connectivity index (χ3v) is 1.95. The fraction of sp³-hybridized carbons (Fsp3) is 0.455. The van der Waals surface area contributed by atoms with E-state index in [9.17, 15) is 4.79 Å². The highest BCUT2D eigenvalue weighted by Gasteiger charge is 2.15. The van der Waals surface area contributed by atoms with Crippen LogP contribution in [0.5, 0.6) is 0 Å². The van der Waals surface area contributed by atoms with Crippen molar-refractivity contribution in [2.45, 2.75) is 26.7 Å². The summed E-state index contributed by atoms with van der Waals surface area (Å²) in [6.45, 7) is 4.24. The summed E-state index contributed by atoms with van der Waals surface area (Å²) in [5, 5.41) is 3.93. The first-order valence-corrected chi connectivity index (χ1v) is 4.88. The van der Waals surface area contributed by atoms with Gasteiger partial charge in [-0.2, -0.15) is 0 Å². The van der Waals surface area contributed by atoms with Crippen LogP contribution in [0.25, 0.3) is 0 Å². The molecule has 0 heterocycles. The van der Waals surface area contributed by atoms with Gasteiger partial charge in [0.2, 0.25) is 0 Å². The Labute approximate surface area is 84.1 Å². The summed E-state index contributed by atoms with van der Waals surface area (Å²) < 4.78 is 0. The molecule has 76 valence electrons. The number of rotatable bonds is 4. The average molecular weight is 193 g/mol. The van der Waals surface area contributed by atoms with Gasteiger partial charge >= 0.3 is 0 Å². The number of carbonyl (C=O) groups is 1. The summed E-state index contributed by atoms with van der Waals surface area (Å²) in [4.78, 5) is 16.5. The molecule has 1 rings (SSSR count). The van der Waals surface area contributed by atoms with E-state index in [1.165, 1.54) is 0 Å². The number of hydrogen-bond donors (Lipinski definition) is 0. The van der Waals surface area contributed by atoms with Gasteiger partial charge in [0.15, 0.2) is 5.78 Å². The van der Waals surface area contributed by atoms with E-state index in [-0.39, 0.29) is 5.78 Å². The molecule has 0 aromatic heterocycles. The maximum atomic E-state index is 11.5. The molecule has 0 saturated carbocycles. The zero-order valence-corrected chi connectivity index (χ0v) is 8.62. The van der Waals surface area contributed by atoms with E-state index in [4.69, 9.17) is 4.84 Å². The first-order valence-electron chi connectivity index (χ1n) is 4.88. The van der Waals surface area contributed by atoms with E-state index in [1.807, 2.05) is 26.0 Å². The minimum absolute atomic E-state index is 0.118. The second-order valence-corrected chi connectivity index (χ2v) is 2.95. The predicted octanol–water partition coefficient (Wildman–Crippen LogP) is 2.24. The van der Waals surface area contributed by atoms with Gasteiger partial charge in [-0.1, -0.05) is 24.2 Å². The molecule has 0 bridgehead atoms. The minimum atomic E-state index is 0.118. The molecule has 0 N–H and O–H groups in total. The Bertz CT molecular complexity index is 300. The van der Waals surface area contributed by atoms with Crippen molar-refractivity contribution in [1.82, 2.24) is 0 Å². The number of hydrogen-bond acceptors (Lipinski definition) is 3. The summed E-state index contributed by atoms with van der Waals surface area (Å²) >= 11 is 0. The van der Waals surface area contributed by atoms with Gasteiger partial charge in [0.25, 0.3) is 0 Å². The monoisotopic (exact) mass is 193 g/mol. The number of Topliss-reactive ketones (excluding diaryl/α,β-unsaturated/α-hetero) is 1. The summed E-state index contributed by atoms with van der Waals surface area (Å²) in [5.74, 6) is 0.118. The highest BCUT2D eigenvalue weighted by molar-refractivity contribution is 6.23. The van der Waals surface area contributed by atoms with Gasteiger partial charge in [0.1, 0.15) is 6.61 Å². The second kappa shape index (κ2) is 5.37. The number of carbonyl (C=O) groups excluding carboxylic acids is 1. The molecule has 0 spiro atoms. The molecule has 1 aliphatic carbocycles. The largest absolute Gasteiger partial charge is 0.396 e. The van der Waals surface area contributed by atoms with Gasteiger partial charge in [-0.15, -0.1) is 0 Å². The number of ketones is 1. The summed E-state index contributed by atoms with van der Waals surface area (Å²) in [7, 11) is 0. The van der Waals surface area contributed by atoms with E-state index >= 15 is 0 Å². The molecule has 0 unspecified atom stereocenters. The van der Waals surface area contributed by atoms with Crippen LogP contribution in [0.3, 0.4) is 0 Å². The Morgan fingerprint density at radius 2 is 2.36 bits per heavy atom. The lowest BCUT2D eigenvalue weighted by molar-refractivity contribution is -0.114. The molecule has 3 heteroatoms. The average Bonchev–Trinajstić information content (AvgIpc) is 2.25. The van der Waals surface area contributed by atoms with Crippen molar-refractivity contribution < 1.29 is 9.63 Å². The molecule has 3 nitrogen and oxygen atoms in total. The molecular formula is C11H15NO2. The minimum Gasteiger partial charge on any atom is -0.396 e. The zero-order chi connectivity index (χ0) is 10.4. The Balaban J connectivity index is 2.81. The van der Waals surface area contributed by atoms with Gasteiger partial charge in [0.05, 0.1) is 5.71 Å². The van der Waals surface area contributed by atoms with Crippen molar-refractivity contribution in [2.75, 3.05) is 6.61 Å². The van der Waals surface area contributed by atoms with Crippen LogP contribution in [0.4, 0.5) is 0 Å². The van der Waals surface area contributed by atoms with E-state index in [0.717, 1.165) is 5.71 Å². The molecule has 0 atom stereocenters. The van der Waals surface area contributed by atoms with Crippen molar-refractivity contribution in [2.24, 2.45) is 5.16 Å². The zero-order valence-electron chi connectivity index (χ0n) is 8.62. The summed E-state index contributed by atoms with van der Waals surface area (Å²) in [6, 6.07) is 0. The fourth-order valence-electron chi connectivity index (χ4n) is 1.22. The van der Waals surface area contributed by atoms with Crippen LogP contribution in [0.2, 0.25) is 0 Å². The van der Waals surface area contributed by atoms with Crippen molar-refractivity contribution in [3.8, 4) is 0 Å². The SMILES string of the molecule is CCON=C1CC=CC=C1C(=O)CC. The molecule has 0 radical (unpaired) electrons. The van der Waals surface area contributed by atoms with Gasteiger partial charge < -0.3 is 4.84 Å². The molecule has 0 aromatic rings. The van der Waals surface area contributed by atoms with E-state index in [0.29, 0.717) is 25.0 Å². The van der Waals surface area contributed by atoms with Crippen LogP contribution in [-0.2, 0) is 9.63 Å². The van der Waals surface area contributed by atoms with Crippen LogP contribution in [0.1, 0.15) is 26.7 Å². The lowest BCUT2D eigenvalue weighted by Crippen LogP contribution is -2.14. The molecule has 14 heavy (non-hydrogen) atoms. The first-order chi connectivity index (χ1) is 6.79. The molecular weight excluding hydrogens is 178 g/mol.